The molecule has 3 amide bonds. The number of ketones is 1. The predicted octanol–water partition coefficient (Wildman–Crippen LogP) is 2.38. The van der Waals surface area contributed by atoms with Crippen molar-refractivity contribution in [3.05, 3.63) is 30.0 Å². The van der Waals surface area contributed by atoms with Crippen molar-refractivity contribution in [2.75, 3.05) is 26.7 Å². The van der Waals surface area contributed by atoms with Crippen LogP contribution in [0, 0.1) is 17.3 Å². The standard InChI is InChI=1S/C30H37F2N5O5/c1-16(2)34-13-24(38)29(11-19(29)17-6-5-9-33-25(17)39)36-26(40)22-12-28(14-30(28,31)32)15-37(22)27(41)21-10-18-20(35-21)7-4-8-23(18)42-3/h4,7-8,10,16-17,19,22,34-35H,5-6,9,11-15H2,1-3H3,(H,33,39)(H,36,40)/t17-,19-,22-,28-,29?/m0/s1. The largest absolute Gasteiger partial charge is 0.496 e. The van der Waals surface area contributed by atoms with Gasteiger partial charge in [-0.1, -0.05) is 19.9 Å². The third-order valence-corrected chi connectivity index (χ3v) is 9.63. The SMILES string of the molecule is COc1cccc2[nH]c(C(=O)N3C[C@]4(C[C@H]3C(=O)NC3(C(=O)CNC(C)C)C[C@H]3[C@@H]3CCCNC3=O)CC4(F)F)cc12. The molecule has 4 fully saturated rings. The Kier molecular flexibility index (Phi) is 6.82. The summed E-state index contributed by atoms with van der Waals surface area (Å²) < 4.78 is 34.7. The van der Waals surface area contributed by atoms with Crippen LogP contribution in [-0.4, -0.2) is 83.7 Å². The fraction of sp³-hybridized carbons (Fsp3) is 0.600. The number of carbonyl (C=O) groups is 4. The van der Waals surface area contributed by atoms with Gasteiger partial charge in [0.25, 0.3) is 11.8 Å². The van der Waals surface area contributed by atoms with Crippen molar-refractivity contribution in [2.24, 2.45) is 17.3 Å². The molecule has 1 aromatic heterocycles. The summed E-state index contributed by atoms with van der Waals surface area (Å²) in [6.45, 7) is 4.09. The molecule has 42 heavy (non-hydrogen) atoms. The number of carbonyl (C=O) groups excluding carboxylic acids is 4. The van der Waals surface area contributed by atoms with E-state index in [1.54, 1.807) is 24.3 Å². The second-order valence-corrected chi connectivity index (χ2v) is 12.7. The van der Waals surface area contributed by atoms with Crippen LogP contribution in [0.25, 0.3) is 10.9 Å². The van der Waals surface area contributed by atoms with Crippen molar-refractivity contribution in [1.82, 2.24) is 25.8 Å². The van der Waals surface area contributed by atoms with Crippen LogP contribution in [-0.2, 0) is 14.4 Å². The maximum atomic E-state index is 14.6. The Morgan fingerprint density at radius 2 is 1.98 bits per heavy atom. The fourth-order valence-corrected chi connectivity index (χ4v) is 7.02. The van der Waals surface area contributed by atoms with Crippen LogP contribution in [0.1, 0.15) is 56.4 Å². The molecule has 6 rings (SSSR count). The second-order valence-electron chi connectivity index (χ2n) is 12.7. The van der Waals surface area contributed by atoms with E-state index in [1.165, 1.54) is 12.0 Å². The lowest BCUT2D eigenvalue weighted by Crippen LogP contribution is -2.55. The van der Waals surface area contributed by atoms with Gasteiger partial charge in [0.2, 0.25) is 11.8 Å². The minimum absolute atomic E-state index is 0.00496. The summed E-state index contributed by atoms with van der Waals surface area (Å²) >= 11 is 0. The highest BCUT2D eigenvalue weighted by atomic mass is 19.3. The molecule has 2 saturated heterocycles. The number of aromatic nitrogens is 1. The minimum Gasteiger partial charge on any atom is -0.496 e. The van der Waals surface area contributed by atoms with Crippen LogP contribution < -0.4 is 20.7 Å². The number of piperidine rings is 1. The molecule has 3 heterocycles. The van der Waals surface area contributed by atoms with Crippen molar-refractivity contribution in [1.29, 1.82) is 0 Å². The fourth-order valence-electron chi connectivity index (χ4n) is 7.02. The highest BCUT2D eigenvalue weighted by Gasteiger charge is 2.76. The lowest BCUT2D eigenvalue weighted by atomic mass is 9.89. The normalized spacial score (nSPS) is 31.3. The molecule has 4 aliphatic rings. The molecule has 5 atom stereocenters. The number of halogens is 2. The Balaban J connectivity index is 1.28. The highest BCUT2D eigenvalue weighted by Crippen LogP contribution is 2.66. The third-order valence-electron chi connectivity index (χ3n) is 9.63. The Bertz CT molecular complexity index is 1460. The molecule has 0 bridgehead atoms. The molecule has 2 aliphatic carbocycles. The Labute approximate surface area is 242 Å². The first-order valence-electron chi connectivity index (χ1n) is 14.6. The Hall–Kier alpha value is -3.54. The van der Waals surface area contributed by atoms with Crippen LogP contribution in [0.15, 0.2) is 24.3 Å². The molecule has 2 saturated carbocycles. The molecule has 0 radical (unpaired) electrons. The molecule has 2 aliphatic heterocycles. The lowest BCUT2D eigenvalue weighted by Gasteiger charge is -2.29. The molecule has 1 unspecified atom stereocenters. The molecular formula is C30H37F2N5O5. The first kappa shape index (κ1) is 28.6. The average molecular weight is 586 g/mol. The zero-order valence-corrected chi connectivity index (χ0v) is 24.0. The smallest absolute Gasteiger partial charge is 0.271 e. The number of nitrogens with one attached hydrogen (secondary N) is 4. The first-order chi connectivity index (χ1) is 19.9. The molecule has 2 aromatic rings. The minimum atomic E-state index is -2.98. The van der Waals surface area contributed by atoms with Crippen LogP contribution in [0.3, 0.4) is 0 Å². The number of fused-ring (bicyclic) bond motifs is 1. The zero-order chi connectivity index (χ0) is 30.0. The number of nitrogens with zero attached hydrogens (tertiary/aromatic N) is 1. The molecule has 1 aromatic carbocycles. The number of Topliss-reactive ketones (excluding diaryl/α,β-unsaturated/α-hetero) is 1. The van der Waals surface area contributed by atoms with Crippen LogP contribution in [0.2, 0.25) is 0 Å². The van der Waals surface area contributed by atoms with Gasteiger partial charge < -0.3 is 30.6 Å². The van der Waals surface area contributed by atoms with E-state index in [-0.39, 0.29) is 42.9 Å². The summed E-state index contributed by atoms with van der Waals surface area (Å²) in [6, 6.07) is 5.72. The van der Waals surface area contributed by atoms with Crippen LogP contribution in [0.5, 0.6) is 5.75 Å². The van der Waals surface area contributed by atoms with E-state index in [1.807, 2.05) is 13.8 Å². The number of amides is 3. The van der Waals surface area contributed by atoms with Crippen molar-refractivity contribution in [2.45, 2.75) is 69.5 Å². The van der Waals surface area contributed by atoms with Gasteiger partial charge in [-0.25, -0.2) is 8.78 Å². The average Bonchev–Trinajstić information content (AvgIpc) is 3.59. The summed E-state index contributed by atoms with van der Waals surface area (Å²) in [5, 5.41) is 9.50. The number of H-pyrrole nitrogens is 1. The summed E-state index contributed by atoms with van der Waals surface area (Å²) in [7, 11) is 1.51. The molecule has 226 valence electrons. The van der Waals surface area contributed by atoms with Gasteiger partial charge in [-0.05, 0) is 43.9 Å². The first-order valence-corrected chi connectivity index (χ1v) is 14.6. The molecule has 4 N–H and O–H groups in total. The maximum absolute atomic E-state index is 14.6. The van der Waals surface area contributed by atoms with E-state index in [0.717, 1.165) is 6.42 Å². The number of alkyl halides is 2. The monoisotopic (exact) mass is 585 g/mol. The van der Waals surface area contributed by atoms with Gasteiger partial charge in [-0.3, -0.25) is 19.2 Å². The molecule has 1 spiro atoms. The van der Waals surface area contributed by atoms with E-state index < -0.39 is 53.0 Å². The molecular weight excluding hydrogens is 548 g/mol. The highest BCUT2D eigenvalue weighted by molar-refractivity contribution is 6.04. The van der Waals surface area contributed by atoms with Gasteiger partial charge in [0.15, 0.2) is 5.78 Å². The summed E-state index contributed by atoms with van der Waals surface area (Å²) in [6.07, 6.45) is 1.06. The van der Waals surface area contributed by atoms with Crippen molar-refractivity contribution in [3.63, 3.8) is 0 Å². The summed E-state index contributed by atoms with van der Waals surface area (Å²) in [5.41, 5.74) is -1.97. The van der Waals surface area contributed by atoms with Crippen LogP contribution >= 0.6 is 0 Å². The van der Waals surface area contributed by atoms with E-state index >= 15 is 0 Å². The number of hydrogen-bond acceptors (Lipinski definition) is 6. The number of benzene rings is 1. The third kappa shape index (κ3) is 4.63. The maximum Gasteiger partial charge on any atom is 0.271 e. The van der Waals surface area contributed by atoms with E-state index in [4.69, 9.17) is 4.74 Å². The number of rotatable bonds is 9. The molecule has 10 nitrogen and oxygen atoms in total. The van der Waals surface area contributed by atoms with Gasteiger partial charge in [0, 0.05) is 48.3 Å². The van der Waals surface area contributed by atoms with Gasteiger partial charge in [0.05, 0.1) is 19.1 Å². The predicted molar refractivity (Wildman–Crippen MR) is 149 cm³/mol. The Morgan fingerprint density at radius 3 is 2.64 bits per heavy atom. The summed E-state index contributed by atoms with van der Waals surface area (Å²) in [4.78, 5) is 58.2. The number of methoxy groups -OCH3 is 1. The number of hydrogen-bond donors (Lipinski definition) is 4. The van der Waals surface area contributed by atoms with Gasteiger partial charge in [-0.2, -0.15) is 0 Å². The van der Waals surface area contributed by atoms with Crippen LogP contribution in [0.4, 0.5) is 8.78 Å². The van der Waals surface area contributed by atoms with Crippen molar-refractivity contribution in [3.8, 4) is 5.75 Å². The summed E-state index contributed by atoms with van der Waals surface area (Å²) in [5.74, 6) is -4.88. The van der Waals surface area contributed by atoms with Gasteiger partial charge >= 0.3 is 0 Å². The van der Waals surface area contributed by atoms with E-state index in [2.05, 4.69) is 20.9 Å². The Morgan fingerprint density at radius 1 is 1.21 bits per heavy atom. The number of likely N-dealkylation sites (tertiary alicyclic amines) is 1. The second kappa shape index (κ2) is 10.0. The van der Waals surface area contributed by atoms with E-state index in [0.29, 0.717) is 36.0 Å². The lowest BCUT2D eigenvalue weighted by molar-refractivity contribution is -0.132. The van der Waals surface area contributed by atoms with Crippen molar-refractivity contribution < 1.29 is 32.7 Å². The van der Waals surface area contributed by atoms with E-state index in [9.17, 15) is 28.0 Å². The molecule has 12 heteroatoms. The quantitative estimate of drug-likeness (QED) is 0.357. The number of ether oxygens (including phenoxy) is 1. The van der Waals surface area contributed by atoms with Gasteiger partial charge in [-0.15, -0.1) is 0 Å². The zero-order valence-electron chi connectivity index (χ0n) is 24.0. The topological polar surface area (TPSA) is 133 Å². The van der Waals surface area contributed by atoms with Crippen molar-refractivity contribution >= 4 is 34.4 Å². The van der Waals surface area contributed by atoms with Gasteiger partial charge in [0.1, 0.15) is 23.0 Å². The number of aromatic amines is 1.